The van der Waals surface area contributed by atoms with Gasteiger partial charge in [0, 0.05) is 38.1 Å². The fourth-order valence-electron chi connectivity index (χ4n) is 2.49. The molecule has 1 fully saturated rings. The standard InChI is InChI=1S/C15H19N5/c16-14-6-7-17-15(18-14)12-19-8-10-20(11-9-19)13-4-2-1-3-5-13/h1-7H,8-12H2,(H2,16,17,18). The molecule has 0 bridgehead atoms. The molecule has 5 heteroatoms. The van der Waals surface area contributed by atoms with Crippen LogP contribution in [-0.4, -0.2) is 41.0 Å². The van der Waals surface area contributed by atoms with Gasteiger partial charge in [0.15, 0.2) is 0 Å². The first kappa shape index (κ1) is 12.9. The van der Waals surface area contributed by atoms with Gasteiger partial charge in [0.25, 0.3) is 0 Å². The van der Waals surface area contributed by atoms with Crippen molar-refractivity contribution >= 4 is 11.5 Å². The second-order valence-corrected chi connectivity index (χ2v) is 5.00. The molecule has 0 unspecified atom stereocenters. The lowest BCUT2D eigenvalue weighted by Gasteiger charge is -2.35. The molecule has 3 rings (SSSR count). The van der Waals surface area contributed by atoms with Crippen molar-refractivity contribution in [2.75, 3.05) is 36.8 Å². The minimum absolute atomic E-state index is 0.540. The lowest BCUT2D eigenvalue weighted by atomic mass is 10.2. The van der Waals surface area contributed by atoms with Crippen LogP contribution in [0.1, 0.15) is 5.82 Å². The van der Waals surface area contributed by atoms with E-state index >= 15 is 0 Å². The summed E-state index contributed by atoms with van der Waals surface area (Å²) >= 11 is 0. The van der Waals surface area contributed by atoms with Crippen LogP contribution in [-0.2, 0) is 6.54 Å². The molecule has 1 saturated heterocycles. The van der Waals surface area contributed by atoms with Gasteiger partial charge in [0.1, 0.15) is 11.6 Å². The van der Waals surface area contributed by atoms with Gasteiger partial charge in [-0.15, -0.1) is 0 Å². The van der Waals surface area contributed by atoms with Gasteiger partial charge in [-0.2, -0.15) is 0 Å². The van der Waals surface area contributed by atoms with Crippen LogP contribution in [0.3, 0.4) is 0 Å². The van der Waals surface area contributed by atoms with Crippen LogP contribution in [0.4, 0.5) is 11.5 Å². The molecule has 0 spiro atoms. The number of nitrogens with two attached hydrogens (primary N) is 1. The molecule has 0 radical (unpaired) electrons. The topological polar surface area (TPSA) is 58.3 Å². The highest BCUT2D eigenvalue weighted by molar-refractivity contribution is 5.46. The number of nitrogens with zero attached hydrogens (tertiary/aromatic N) is 4. The summed E-state index contributed by atoms with van der Waals surface area (Å²) in [5.74, 6) is 1.34. The van der Waals surface area contributed by atoms with Gasteiger partial charge in [0.2, 0.25) is 0 Å². The number of aromatic nitrogens is 2. The summed E-state index contributed by atoms with van der Waals surface area (Å²) in [5, 5.41) is 0. The third kappa shape index (κ3) is 3.05. The Morgan fingerprint density at radius 1 is 1.00 bits per heavy atom. The number of benzene rings is 1. The van der Waals surface area contributed by atoms with E-state index in [9.17, 15) is 0 Å². The van der Waals surface area contributed by atoms with Crippen LogP contribution in [0.2, 0.25) is 0 Å². The van der Waals surface area contributed by atoms with E-state index in [2.05, 4.69) is 50.1 Å². The van der Waals surface area contributed by atoms with E-state index in [1.54, 1.807) is 12.3 Å². The Morgan fingerprint density at radius 2 is 1.75 bits per heavy atom. The Labute approximate surface area is 119 Å². The second-order valence-electron chi connectivity index (χ2n) is 5.00. The fourth-order valence-corrected chi connectivity index (χ4v) is 2.49. The molecule has 5 nitrogen and oxygen atoms in total. The molecule has 2 N–H and O–H groups in total. The third-order valence-corrected chi connectivity index (χ3v) is 3.59. The van der Waals surface area contributed by atoms with Crippen LogP contribution < -0.4 is 10.6 Å². The van der Waals surface area contributed by atoms with Crippen molar-refractivity contribution in [2.24, 2.45) is 0 Å². The number of para-hydroxylation sites is 1. The fraction of sp³-hybridized carbons (Fsp3) is 0.333. The predicted octanol–water partition coefficient (Wildman–Crippen LogP) is 1.38. The third-order valence-electron chi connectivity index (χ3n) is 3.59. The van der Waals surface area contributed by atoms with Gasteiger partial charge in [-0.25, -0.2) is 9.97 Å². The van der Waals surface area contributed by atoms with Crippen molar-refractivity contribution in [2.45, 2.75) is 6.54 Å². The average Bonchev–Trinajstić information content (AvgIpc) is 2.49. The highest BCUT2D eigenvalue weighted by Crippen LogP contribution is 2.16. The highest BCUT2D eigenvalue weighted by atomic mass is 15.3. The molecule has 0 saturated carbocycles. The minimum atomic E-state index is 0.540. The summed E-state index contributed by atoms with van der Waals surface area (Å²) in [7, 11) is 0. The Bertz CT molecular complexity index is 549. The van der Waals surface area contributed by atoms with Gasteiger partial charge in [-0.05, 0) is 18.2 Å². The smallest absolute Gasteiger partial charge is 0.144 e. The zero-order valence-electron chi connectivity index (χ0n) is 11.4. The van der Waals surface area contributed by atoms with E-state index < -0.39 is 0 Å². The number of rotatable bonds is 3. The van der Waals surface area contributed by atoms with Gasteiger partial charge < -0.3 is 10.6 Å². The number of hydrogen-bond donors (Lipinski definition) is 1. The Hall–Kier alpha value is -2.14. The average molecular weight is 269 g/mol. The molecule has 0 aliphatic carbocycles. The number of hydrogen-bond acceptors (Lipinski definition) is 5. The molecule has 1 aliphatic heterocycles. The molecular weight excluding hydrogens is 250 g/mol. The normalized spacial score (nSPS) is 16.3. The molecule has 1 aromatic carbocycles. The maximum atomic E-state index is 5.68. The number of anilines is 2. The van der Waals surface area contributed by atoms with E-state index in [0.29, 0.717) is 5.82 Å². The number of piperazine rings is 1. The molecular formula is C15H19N5. The van der Waals surface area contributed by atoms with E-state index in [-0.39, 0.29) is 0 Å². The predicted molar refractivity (Wildman–Crippen MR) is 80.4 cm³/mol. The second kappa shape index (κ2) is 5.88. The molecule has 20 heavy (non-hydrogen) atoms. The largest absolute Gasteiger partial charge is 0.384 e. The summed E-state index contributed by atoms with van der Waals surface area (Å²) < 4.78 is 0. The summed E-state index contributed by atoms with van der Waals surface area (Å²) in [6.07, 6.45) is 1.72. The molecule has 0 amide bonds. The summed E-state index contributed by atoms with van der Waals surface area (Å²) in [6.45, 7) is 4.88. The van der Waals surface area contributed by atoms with E-state index in [4.69, 9.17) is 5.73 Å². The van der Waals surface area contributed by atoms with Gasteiger partial charge in [-0.1, -0.05) is 18.2 Å². The van der Waals surface area contributed by atoms with Gasteiger partial charge in [-0.3, -0.25) is 4.90 Å². The van der Waals surface area contributed by atoms with Crippen molar-refractivity contribution in [1.82, 2.24) is 14.9 Å². The maximum absolute atomic E-state index is 5.68. The van der Waals surface area contributed by atoms with Crippen LogP contribution in [0, 0.1) is 0 Å². The van der Waals surface area contributed by atoms with Crippen molar-refractivity contribution < 1.29 is 0 Å². The Kier molecular flexibility index (Phi) is 3.78. The maximum Gasteiger partial charge on any atom is 0.144 e. The monoisotopic (exact) mass is 269 g/mol. The Morgan fingerprint density at radius 3 is 2.45 bits per heavy atom. The van der Waals surface area contributed by atoms with E-state index in [1.165, 1.54) is 5.69 Å². The first-order valence-electron chi connectivity index (χ1n) is 6.91. The SMILES string of the molecule is Nc1ccnc(CN2CCN(c3ccccc3)CC2)n1. The first-order valence-corrected chi connectivity index (χ1v) is 6.91. The summed E-state index contributed by atoms with van der Waals surface area (Å²) in [4.78, 5) is 13.3. The summed E-state index contributed by atoms with van der Waals surface area (Å²) in [6, 6.07) is 12.3. The quantitative estimate of drug-likeness (QED) is 0.912. The van der Waals surface area contributed by atoms with E-state index in [0.717, 1.165) is 38.5 Å². The highest BCUT2D eigenvalue weighted by Gasteiger charge is 2.17. The van der Waals surface area contributed by atoms with Crippen molar-refractivity contribution in [1.29, 1.82) is 0 Å². The lowest BCUT2D eigenvalue weighted by Crippen LogP contribution is -2.46. The van der Waals surface area contributed by atoms with Crippen LogP contribution in [0.25, 0.3) is 0 Å². The van der Waals surface area contributed by atoms with E-state index in [1.807, 2.05) is 0 Å². The molecule has 1 aromatic heterocycles. The van der Waals surface area contributed by atoms with Crippen molar-refractivity contribution in [3.63, 3.8) is 0 Å². The molecule has 2 heterocycles. The molecule has 0 atom stereocenters. The molecule has 2 aromatic rings. The van der Waals surface area contributed by atoms with Crippen LogP contribution in [0.15, 0.2) is 42.6 Å². The van der Waals surface area contributed by atoms with Crippen molar-refractivity contribution in [3.8, 4) is 0 Å². The first-order chi connectivity index (χ1) is 9.81. The molecule has 1 aliphatic rings. The molecule has 104 valence electrons. The van der Waals surface area contributed by atoms with Crippen LogP contribution in [0.5, 0.6) is 0 Å². The summed E-state index contributed by atoms with van der Waals surface area (Å²) in [5.41, 5.74) is 6.98. The van der Waals surface area contributed by atoms with Crippen molar-refractivity contribution in [3.05, 3.63) is 48.4 Å². The lowest BCUT2D eigenvalue weighted by molar-refractivity contribution is 0.244. The van der Waals surface area contributed by atoms with Crippen LogP contribution >= 0.6 is 0 Å². The Balaban J connectivity index is 1.56. The van der Waals surface area contributed by atoms with Gasteiger partial charge in [0.05, 0.1) is 6.54 Å². The van der Waals surface area contributed by atoms with Gasteiger partial charge >= 0.3 is 0 Å². The minimum Gasteiger partial charge on any atom is -0.384 e. The zero-order chi connectivity index (χ0) is 13.8. The number of nitrogen functional groups attached to an aromatic ring is 1. The zero-order valence-corrected chi connectivity index (χ0v) is 11.4.